The molecule has 17 heavy (non-hydrogen) atoms. The van der Waals surface area contributed by atoms with Crippen molar-refractivity contribution >= 4 is 0 Å². The zero-order valence-corrected chi connectivity index (χ0v) is 11.7. The molecule has 1 N–H and O–H groups in total. The maximum absolute atomic E-state index is 11.0. The minimum atomic E-state index is -0.909. The smallest absolute Gasteiger partial charge is 0.133 e. The van der Waals surface area contributed by atoms with E-state index in [0.717, 1.165) is 12.8 Å². The van der Waals surface area contributed by atoms with Crippen molar-refractivity contribution in [3.63, 3.8) is 0 Å². The van der Waals surface area contributed by atoms with Gasteiger partial charge in [-0.3, -0.25) is 0 Å². The first-order valence-corrected chi connectivity index (χ1v) is 6.98. The molecule has 0 amide bonds. The molecule has 0 aromatic rings. The van der Waals surface area contributed by atoms with Gasteiger partial charge in [0.2, 0.25) is 0 Å². The summed E-state index contributed by atoms with van der Waals surface area (Å²) in [5.41, 5.74) is -0.688. The molecule has 0 heterocycles. The molecule has 2 unspecified atom stereocenters. The van der Waals surface area contributed by atoms with E-state index in [1.165, 1.54) is 19.3 Å². The van der Waals surface area contributed by atoms with Crippen LogP contribution in [0.2, 0.25) is 0 Å². The fraction of sp³-hybridized carbons (Fsp3) is 0.875. The molecule has 1 nitrogen and oxygen atoms in total. The Bertz CT molecular complexity index is 351. The molecule has 0 aromatic carbocycles. The summed E-state index contributed by atoms with van der Waals surface area (Å²) in [5.74, 6) is 3.54. The van der Waals surface area contributed by atoms with Crippen LogP contribution < -0.4 is 0 Å². The third-order valence-corrected chi connectivity index (χ3v) is 5.92. The first kappa shape index (κ1) is 13.0. The van der Waals surface area contributed by atoms with E-state index in [1.807, 2.05) is 0 Å². The second-order valence-electron chi connectivity index (χ2n) is 7.20. The van der Waals surface area contributed by atoms with Gasteiger partial charge in [-0.15, -0.1) is 6.42 Å². The average molecular weight is 234 g/mol. The summed E-state index contributed by atoms with van der Waals surface area (Å²) in [7, 11) is 0. The van der Waals surface area contributed by atoms with Crippen LogP contribution in [0.25, 0.3) is 0 Å². The summed E-state index contributed by atoms with van der Waals surface area (Å²) in [5, 5.41) is 11.0. The fourth-order valence-electron chi connectivity index (χ4n) is 4.78. The van der Waals surface area contributed by atoms with Gasteiger partial charge in [0, 0.05) is 5.41 Å². The number of terminal acetylenes is 1. The van der Waals surface area contributed by atoms with Crippen molar-refractivity contribution in [3.05, 3.63) is 0 Å². The number of hydrogen-bond acceptors (Lipinski definition) is 1. The summed E-state index contributed by atoms with van der Waals surface area (Å²) in [4.78, 5) is 0. The van der Waals surface area contributed by atoms with Crippen LogP contribution in [0.1, 0.15) is 59.8 Å². The van der Waals surface area contributed by atoms with Gasteiger partial charge in [-0.2, -0.15) is 0 Å². The standard InChI is InChI=1S/C16H26O/c1-6-16(17)12(2)8-9-13-14(3,4)10-7-11-15(13,16)5/h1,12-13,17H,7-11H2,2-5H3/t12?,13-,15-,16?/m0/s1. The van der Waals surface area contributed by atoms with Crippen LogP contribution in [-0.4, -0.2) is 10.7 Å². The zero-order valence-electron chi connectivity index (χ0n) is 11.7. The van der Waals surface area contributed by atoms with Crippen molar-refractivity contribution in [1.29, 1.82) is 0 Å². The van der Waals surface area contributed by atoms with Crippen molar-refractivity contribution in [2.75, 3.05) is 0 Å². The molecule has 0 aliphatic heterocycles. The highest BCUT2D eigenvalue weighted by Gasteiger charge is 2.60. The van der Waals surface area contributed by atoms with Gasteiger partial charge >= 0.3 is 0 Å². The predicted molar refractivity (Wildman–Crippen MR) is 71.4 cm³/mol. The van der Waals surface area contributed by atoms with E-state index in [0.29, 0.717) is 11.3 Å². The Labute approximate surface area is 106 Å². The van der Waals surface area contributed by atoms with Gasteiger partial charge in [-0.25, -0.2) is 0 Å². The zero-order chi connectivity index (χ0) is 12.9. The average Bonchev–Trinajstić information content (AvgIpc) is 2.24. The minimum absolute atomic E-state index is 0.0961. The molecule has 0 radical (unpaired) electrons. The van der Waals surface area contributed by atoms with E-state index >= 15 is 0 Å². The molecular formula is C16H26O. The van der Waals surface area contributed by atoms with Crippen LogP contribution in [0.15, 0.2) is 0 Å². The molecule has 0 spiro atoms. The Kier molecular flexibility index (Phi) is 2.86. The summed E-state index contributed by atoms with van der Waals surface area (Å²) in [6, 6.07) is 0. The SMILES string of the molecule is C#CC1(O)C(C)CC[C@H]2C(C)(C)CCC[C@@]21C. The van der Waals surface area contributed by atoms with E-state index in [-0.39, 0.29) is 11.3 Å². The van der Waals surface area contributed by atoms with Crippen molar-refractivity contribution in [3.8, 4) is 12.3 Å². The maximum atomic E-state index is 11.0. The summed E-state index contributed by atoms with van der Waals surface area (Å²) >= 11 is 0. The van der Waals surface area contributed by atoms with Crippen LogP contribution in [0.4, 0.5) is 0 Å². The van der Waals surface area contributed by atoms with Crippen LogP contribution in [0.5, 0.6) is 0 Å². The monoisotopic (exact) mass is 234 g/mol. The Morgan fingerprint density at radius 3 is 2.41 bits per heavy atom. The lowest BCUT2D eigenvalue weighted by molar-refractivity contribution is -0.176. The largest absolute Gasteiger partial charge is 0.377 e. The highest BCUT2D eigenvalue weighted by molar-refractivity contribution is 5.22. The predicted octanol–water partition coefficient (Wildman–Crippen LogP) is 3.61. The van der Waals surface area contributed by atoms with Crippen molar-refractivity contribution in [2.45, 2.75) is 65.4 Å². The highest BCUT2D eigenvalue weighted by atomic mass is 16.3. The second-order valence-corrected chi connectivity index (χ2v) is 7.20. The first-order valence-electron chi connectivity index (χ1n) is 6.98. The van der Waals surface area contributed by atoms with Gasteiger partial charge in [0.25, 0.3) is 0 Å². The van der Waals surface area contributed by atoms with Crippen molar-refractivity contribution in [2.24, 2.45) is 22.7 Å². The number of aliphatic hydroxyl groups is 1. The van der Waals surface area contributed by atoms with Gasteiger partial charge in [0.05, 0.1) is 0 Å². The molecule has 0 bridgehead atoms. The molecule has 2 rings (SSSR count). The molecule has 2 saturated carbocycles. The summed E-state index contributed by atoms with van der Waals surface area (Å²) in [6.07, 6.45) is 11.5. The molecule has 0 aromatic heterocycles. The topological polar surface area (TPSA) is 20.2 Å². The van der Waals surface area contributed by atoms with Crippen molar-refractivity contribution in [1.82, 2.24) is 0 Å². The summed E-state index contributed by atoms with van der Waals surface area (Å²) in [6.45, 7) is 9.04. The van der Waals surface area contributed by atoms with Gasteiger partial charge < -0.3 is 5.11 Å². The Morgan fingerprint density at radius 2 is 1.82 bits per heavy atom. The molecule has 2 fully saturated rings. The molecule has 1 heteroatoms. The third kappa shape index (κ3) is 1.57. The van der Waals surface area contributed by atoms with E-state index in [1.54, 1.807) is 0 Å². The van der Waals surface area contributed by atoms with E-state index in [2.05, 4.69) is 33.6 Å². The minimum Gasteiger partial charge on any atom is -0.377 e. The number of hydrogen-bond donors (Lipinski definition) is 1. The molecular weight excluding hydrogens is 208 g/mol. The molecule has 96 valence electrons. The lowest BCUT2D eigenvalue weighted by Gasteiger charge is -2.61. The number of rotatable bonds is 0. The molecule has 0 saturated heterocycles. The maximum Gasteiger partial charge on any atom is 0.133 e. The van der Waals surface area contributed by atoms with Gasteiger partial charge in [-0.05, 0) is 42.9 Å². The van der Waals surface area contributed by atoms with Gasteiger partial charge in [0.15, 0.2) is 0 Å². The Morgan fingerprint density at radius 1 is 1.18 bits per heavy atom. The van der Waals surface area contributed by atoms with Crippen LogP contribution in [0, 0.1) is 35.0 Å². The summed E-state index contributed by atoms with van der Waals surface area (Å²) < 4.78 is 0. The highest BCUT2D eigenvalue weighted by Crippen LogP contribution is 2.62. The van der Waals surface area contributed by atoms with Crippen LogP contribution >= 0.6 is 0 Å². The lowest BCUT2D eigenvalue weighted by atomic mass is 9.45. The van der Waals surface area contributed by atoms with E-state index in [9.17, 15) is 5.11 Å². The van der Waals surface area contributed by atoms with Crippen LogP contribution in [-0.2, 0) is 0 Å². The quantitative estimate of drug-likeness (QED) is 0.635. The van der Waals surface area contributed by atoms with E-state index < -0.39 is 5.60 Å². The lowest BCUT2D eigenvalue weighted by Crippen LogP contribution is -2.61. The van der Waals surface area contributed by atoms with Crippen LogP contribution in [0.3, 0.4) is 0 Å². The molecule has 2 aliphatic rings. The van der Waals surface area contributed by atoms with Crippen molar-refractivity contribution < 1.29 is 5.11 Å². The Balaban J connectivity index is 2.47. The number of fused-ring (bicyclic) bond motifs is 1. The van der Waals surface area contributed by atoms with E-state index in [4.69, 9.17) is 6.42 Å². The fourth-order valence-corrected chi connectivity index (χ4v) is 4.78. The normalized spacial score (nSPS) is 49.2. The first-order chi connectivity index (χ1) is 7.78. The van der Waals surface area contributed by atoms with Gasteiger partial charge in [0.1, 0.15) is 5.60 Å². The third-order valence-electron chi connectivity index (χ3n) is 5.92. The molecule has 4 atom stereocenters. The van der Waals surface area contributed by atoms with Gasteiger partial charge in [-0.1, -0.05) is 40.0 Å². The second kappa shape index (κ2) is 3.75. The Hall–Kier alpha value is -0.480. The molecule has 2 aliphatic carbocycles.